The van der Waals surface area contributed by atoms with E-state index in [1.807, 2.05) is 36.4 Å². The van der Waals surface area contributed by atoms with E-state index in [0.29, 0.717) is 30.0 Å². The molecule has 0 spiro atoms. The normalized spacial score (nSPS) is 11.1. The molecule has 2 N–H and O–H groups in total. The minimum atomic E-state index is -3.31. The molecule has 0 bridgehead atoms. The number of hydrogen-bond donors (Lipinski definition) is 2. The first kappa shape index (κ1) is 21.5. The van der Waals surface area contributed by atoms with Crippen LogP contribution in [-0.4, -0.2) is 21.4 Å². The van der Waals surface area contributed by atoms with Crippen LogP contribution in [0.5, 0.6) is 5.75 Å². The number of sulfonamides is 1. The second kappa shape index (κ2) is 10.0. The molecule has 0 unspecified atom stereocenters. The molecule has 7 heteroatoms. The Morgan fingerprint density at radius 1 is 0.867 bits per heavy atom. The molecule has 0 saturated carbocycles. The standard InChI is InChI=1S/C23H24N2O4S/c1-24-30(27,28)17-20-12-10-18(11-13-20)15-25-23(26)21-8-5-9-22(14-21)29-16-19-6-3-2-4-7-19/h2-14,24H,15-17H2,1H3,(H,25,26). The average molecular weight is 425 g/mol. The van der Waals surface area contributed by atoms with Gasteiger partial charge in [-0.1, -0.05) is 60.7 Å². The lowest BCUT2D eigenvalue weighted by Gasteiger charge is -2.09. The summed E-state index contributed by atoms with van der Waals surface area (Å²) in [4.78, 5) is 12.5. The average Bonchev–Trinajstić information content (AvgIpc) is 2.78. The SMILES string of the molecule is CNS(=O)(=O)Cc1ccc(CNC(=O)c2cccc(OCc3ccccc3)c2)cc1. The molecular weight excluding hydrogens is 400 g/mol. The van der Waals surface area contributed by atoms with Gasteiger partial charge in [-0.25, -0.2) is 13.1 Å². The van der Waals surface area contributed by atoms with Gasteiger partial charge < -0.3 is 10.1 Å². The van der Waals surface area contributed by atoms with Crippen LogP contribution in [-0.2, 0) is 28.9 Å². The van der Waals surface area contributed by atoms with Crippen molar-refractivity contribution in [3.05, 3.63) is 101 Å². The third-order valence-corrected chi connectivity index (χ3v) is 5.82. The number of nitrogens with one attached hydrogen (secondary N) is 2. The third kappa shape index (κ3) is 6.43. The third-order valence-electron chi connectivity index (χ3n) is 4.49. The molecule has 3 rings (SSSR count). The van der Waals surface area contributed by atoms with Gasteiger partial charge in [-0.15, -0.1) is 0 Å². The summed E-state index contributed by atoms with van der Waals surface area (Å²) in [6, 6.07) is 24.0. The highest BCUT2D eigenvalue weighted by Gasteiger charge is 2.09. The number of rotatable bonds is 9. The molecule has 0 radical (unpaired) electrons. The molecule has 0 saturated heterocycles. The topological polar surface area (TPSA) is 84.5 Å². The number of amides is 1. The minimum Gasteiger partial charge on any atom is -0.489 e. The first-order chi connectivity index (χ1) is 14.4. The van der Waals surface area contributed by atoms with E-state index in [0.717, 1.165) is 11.1 Å². The van der Waals surface area contributed by atoms with Gasteiger partial charge in [0.15, 0.2) is 0 Å². The predicted octanol–water partition coefficient (Wildman–Crippen LogP) is 3.24. The van der Waals surface area contributed by atoms with Crippen molar-refractivity contribution in [1.82, 2.24) is 10.0 Å². The summed E-state index contributed by atoms with van der Waals surface area (Å²) in [5.74, 6) is 0.343. The fourth-order valence-corrected chi connectivity index (χ4v) is 3.57. The quantitative estimate of drug-likeness (QED) is 0.552. The summed E-state index contributed by atoms with van der Waals surface area (Å²) in [5, 5.41) is 2.87. The molecule has 30 heavy (non-hydrogen) atoms. The summed E-state index contributed by atoms with van der Waals surface area (Å²) < 4.78 is 31.3. The van der Waals surface area contributed by atoms with Crippen LogP contribution in [0.4, 0.5) is 0 Å². The number of carbonyl (C=O) groups excluding carboxylic acids is 1. The summed E-state index contributed by atoms with van der Waals surface area (Å²) in [7, 11) is -1.92. The summed E-state index contributed by atoms with van der Waals surface area (Å²) in [6.07, 6.45) is 0. The van der Waals surface area contributed by atoms with Crippen molar-refractivity contribution in [2.24, 2.45) is 0 Å². The maximum Gasteiger partial charge on any atom is 0.251 e. The molecular formula is C23H24N2O4S. The Labute approximate surface area is 177 Å². The maximum absolute atomic E-state index is 12.5. The van der Waals surface area contributed by atoms with Crippen molar-refractivity contribution in [1.29, 1.82) is 0 Å². The van der Waals surface area contributed by atoms with E-state index in [2.05, 4.69) is 10.0 Å². The van der Waals surface area contributed by atoms with E-state index in [1.54, 1.807) is 42.5 Å². The molecule has 0 aromatic heterocycles. The van der Waals surface area contributed by atoms with Gasteiger partial charge in [-0.2, -0.15) is 0 Å². The van der Waals surface area contributed by atoms with Crippen LogP contribution in [0.15, 0.2) is 78.9 Å². The second-order valence-corrected chi connectivity index (χ2v) is 8.69. The van der Waals surface area contributed by atoms with Crippen molar-refractivity contribution >= 4 is 15.9 Å². The van der Waals surface area contributed by atoms with Crippen LogP contribution < -0.4 is 14.8 Å². The largest absolute Gasteiger partial charge is 0.489 e. The van der Waals surface area contributed by atoms with Crippen LogP contribution in [0.1, 0.15) is 27.0 Å². The Morgan fingerprint density at radius 2 is 1.57 bits per heavy atom. The maximum atomic E-state index is 12.5. The zero-order valence-electron chi connectivity index (χ0n) is 16.7. The number of benzene rings is 3. The van der Waals surface area contributed by atoms with Gasteiger partial charge >= 0.3 is 0 Å². The van der Waals surface area contributed by atoms with E-state index < -0.39 is 10.0 Å². The van der Waals surface area contributed by atoms with Gasteiger partial charge in [0.1, 0.15) is 12.4 Å². The van der Waals surface area contributed by atoms with Crippen LogP contribution in [0, 0.1) is 0 Å². The Kier molecular flexibility index (Phi) is 7.21. The van der Waals surface area contributed by atoms with Crippen LogP contribution >= 0.6 is 0 Å². The van der Waals surface area contributed by atoms with E-state index in [4.69, 9.17) is 4.74 Å². The lowest BCUT2D eigenvalue weighted by molar-refractivity contribution is 0.0950. The molecule has 3 aromatic rings. The second-order valence-electron chi connectivity index (χ2n) is 6.76. The Bertz CT molecular complexity index is 1080. The highest BCUT2D eigenvalue weighted by Crippen LogP contribution is 2.15. The van der Waals surface area contributed by atoms with Gasteiger partial charge in [-0.3, -0.25) is 4.79 Å². The monoisotopic (exact) mass is 424 g/mol. The van der Waals surface area contributed by atoms with Gasteiger partial charge in [0, 0.05) is 12.1 Å². The van der Waals surface area contributed by atoms with Crippen molar-refractivity contribution in [3.63, 3.8) is 0 Å². The molecule has 0 heterocycles. The van der Waals surface area contributed by atoms with E-state index in [9.17, 15) is 13.2 Å². The van der Waals surface area contributed by atoms with E-state index >= 15 is 0 Å². The molecule has 3 aromatic carbocycles. The molecule has 0 fully saturated rings. The number of hydrogen-bond acceptors (Lipinski definition) is 4. The lowest BCUT2D eigenvalue weighted by Crippen LogP contribution is -2.23. The first-order valence-corrected chi connectivity index (χ1v) is 11.1. The van der Waals surface area contributed by atoms with Crippen LogP contribution in [0.3, 0.4) is 0 Å². The van der Waals surface area contributed by atoms with Crippen LogP contribution in [0.2, 0.25) is 0 Å². The summed E-state index contributed by atoms with van der Waals surface area (Å²) >= 11 is 0. The summed E-state index contributed by atoms with van der Waals surface area (Å²) in [5.41, 5.74) is 3.13. The van der Waals surface area contributed by atoms with Gasteiger partial charge in [0.05, 0.1) is 5.75 Å². The zero-order chi connectivity index (χ0) is 21.4. The molecule has 0 aliphatic heterocycles. The van der Waals surface area contributed by atoms with Gasteiger partial charge in [-0.05, 0) is 41.9 Å². The number of ether oxygens (including phenoxy) is 1. The van der Waals surface area contributed by atoms with Crippen molar-refractivity contribution in [2.75, 3.05) is 7.05 Å². The Hall–Kier alpha value is -3.16. The molecule has 156 valence electrons. The van der Waals surface area contributed by atoms with Crippen LogP contribution in [0.25, 0.3) is 0 Å². The summed E-state index contributed by atoms with van der Waals surface area (Å²) in [6.45, 7) is 0.772. The van der Waals surface area contributed by atoms with Crippen molar-refractivity contribution in [3.8, 4) is 5.75 Å². The molecule has 0 aliphatic rings. The molecule has 6 nitrogen and oxygen atoms in total. The van der Waals surface area contributed by atoms with E-state index in [-0.39, 0.29) is 11.7 Å². The van der Waals surface area contributed by atoms with Crippen molar-refractivity contribution < 1.29 is 17.9 Å². The molecule has 0 aliphatic carbocycles. The van der Waals surface area contributed by atoms with Crippen molar-refractivity contribution in [2.45, 2.75) is 18.9 Å². The Balaban J connectivity index is 1.54. The zero-order valence-corrected chi connectivity index (χ0v) is 17.5. The first-order valence-electron chi connectivity index (χ1n) is 9.49. The smallest absolute Gasteiger partial charge is 0.251 e. The highest BCUT2D eigenvalue weighted by atomic mass is 32.2. The molecule has 0 atom stereocenters. The number of carbonyl (C=O) groups is 1. The predicted molar refractivity (Wildman–Crippen MR) is 117 cm³/mol. The Morgan fingerprint density at radius 3 is 2.27 bits per heavy atom. The van der Waals surface area contributed by atoms with Gasteiger partial charge in [0.25, 0.3) is 5.91 Å². The fraction of sp³-hybridized carbons (Fsp3) is 0.174. The fourth-order valence-electron chi connectivity index (χ4n) is 2.80. The van der Waals surface area contributed by atoms with E-state index in [1.165, 1.54) is 7.05 Å². The minimum absolute atomic E-state index is 0.0775. The van der Waals surface area contributed by atoms with Gasteiger partial charge in [0.2, 0.25) is 10.0 Å². The molecule has 1 amide bonds. The lowest BCUT2D eigenvalue weighted by atomic mass is 10.1. The highest BCUT2D eigenvalue weighted by molar-refractivity contribution is 7.88.